The van der Waals surface area contributed by atoms with Crippen molar-refractivity contribution in [2.24, 2.45) is 0 Å². The van der Waals surface area contributed by atoms with Gasteiger partial charge < -0.3 is 14.6 Å². The predicted molar refractivity (Wildman–Crippen MR) is 81.6 cm³/mol. The van der Waals surface area contributed by atoms with Crippen molar-refractivity contribution in [2.45, 2.75) is 50.7 Å². The van der Waals surface area contributed by atoms with Crippen molar-refractivity contribution in [3.05, 3.63) is 18.0 Å². The van der Waals surface area contributed by atoms with Gasteiger partial charge in [0.1, 0.15) is 0 Å². The first-order valence-electron chi connectivity index (χ1n) is 7.56. The fourth-order valence-electron chi connectivity index (χ4n) is 2.49. The van der Waals surface area contributed by atoms with Crippen molar-refractivity contribution < 1.29 is 13.2 Å². The number of aromatic nitrogens is 1. The number of hydrogen-bond donors (Lipinski definition) is 2. The van der Waals surface area contributed by atoms with Crippen LogP contribution >= 0.6 is 0 Å². The largest absolute Gasteiger partial charge is 0.380 e. The molecule has 1 aromatic rings. The third-order valence-corrected chi connectivity index (χ3v) is 5.14. The summed E-state index contributed by atoms with van der Waals surface area (Å²) < 4.78 is 34.9. The Hall–Kier alpha value is -0.890. The van der Waals surface area contributed by atoms with Gasteiger partial charge in [-0.15, -0.1) is 0 Å². The second-order valence-electron chi connectivity index (χ2n) is 5.27. The highest BCUT2D eigenvalue weighted by molar-refractivity contribution is 7.89. The molecule has 7 heteroatoms. The number of aryl methyl sites for hydroxylation is 1. The van der Waals surface area contributed by atoms with Crippen molar-refractivity contribution in [3.8, 4) is 0 Å². The first-order chi connectivity index (χ1) is 10.1. The molecule has 2 rings (SSSR count). The Bertz CT molecular complexity index is 548. The summed E-state index contributed by atoms with van der Waals surface area (Å²) in [5.74, 6) is 0. The fourth-order valence-corrected chi connectivity index (χ4v) is 3.81. The lowest BCUT2D eigenvalue weighted by Crippen LogP contribution is -2.40. The van der Waals surface area contributed by atoms with Crippen LogP contribution in [0.25, 0.3) is 0 Å². The van der Waals surface area contributed by atoms with E-state index in [2.05, 4.69) is 10.0 Å². The molecular formula is C14H25N3O3S. The first-order valence-corrected chi connectivity index (χ1v) is 9.05. The van der Waals surface area contributed by atoms with E-state index in [4.69, 9.17) is 4.74 Å². The maximum atomic E-state index is 12.5. The molecule has 2 N–H and O–H groups in total. The highest BCUT2D eigenvalue weighted by Gasteiger charge is 2.24. The number of nitrogens with one attached hydrogen (secondary N) is 2. The van der Waals surface area contributed by atoms with Crippen LogP contribution in [0.1, 0.15) is 32.4 Å². The molecule has 2 heterocycles. The molecule has 1 aliphatic rings. The van der Waals surface area contributed by atoms with Crippen molar-refractivity contribution in [2.75, 3.05) is 19.8 Å². The van der Waals surface area contributed by atoms with Crippen LogP contribution in [0.2, 0.25) is 0 Å². The molecule has 0 aliphatic carbocycles. The van der Waals surface area contributed by atoms with Crippen molar-refractivity contribution in [1.82, 2.24) is 14.6 Å². The zero-order valence-corrected chi connectivity index (χ0v) is 13.6. The molecule has 1 aliphatic heterocycles. The standard InChI is InChI=1S/C14H25N3O3S/c1-3-15-9-13-8-14(10-17(13)4-2)21(18,19)16-12-6-5-7-20-11-12/h8,10,12,15-16H,3-7,9,11H2,1-2H3. The minimum atomic E-state index is -3.48. The molecule has 1 saturated heterocycles. The lowest BCUT2D eigenvalue weighted by Gasteiger charge is -2.22. The molecule has 0 saturated carbocycles. The predicted octanol–water partition coefficient (Wildman–Crippen LogP) is 1.07. The highest BCUT2D eigenvalue weighted by atomic mass is 32.2. The molecule has 0 spiro atoms. The number of ether oxygens (including phenoxy) is 1. The van der Waals surface area contributed by atoms with E-state index in [-0.39, 0.29) is 6.04 Å². The molecule has 0 amide bonds. The third kappa shape index (κ3) is 4.29. The first kappa shape index (κ1) is 16.5. The SMILES string of the molecule is CCNCc1cc(S(=O)(=O)NC2CCCOC2)cn1CC. The summed E-state index contributed by atoms with van der Waals surface area (Å²) in [5.41, 5.74) is 0.986. The van der Waals surface area contributed by atoms with Crippen LogP contribution in [0.5, 0.6) is 0 Å². The molecule has 1 unspecified atom stereocenters. The summed E-state index contributed by atoms with van der Waals surface area (Å²) in [6.07, 6.45) is 3.44. The van der Waals surface area contributed by atoms with Crippen LogP contribution < -0.4 is 10.0 Å². The van der Waals surface area contributed by atoms with E-state index in [0.29, 0.717) is 18.0 Å². The molecule has 0 aromatic carbocycles. The Morgan fingerprint density at radius 3 is 2.86 bits per heavy atom. The average Bonchev–Trinajstić information content (AvgIpc) is 2.90. The van der Waals surface area contributed by atoms with Gasteiger partial charge in [0.05, 0.1) is 11.5 Å². The topological polar surface area (TPSA) is 72.4 Å². The summed E-state index contributed by atoms with van der Waals surface area (Å²) in [6, 6.07) is 1.63. The van der Waals surface area contributed by atoms with Crippen LogP contribution in [0.15, 0.2) is 17.2 Å². The maximum absolute atomic E-state index is 12.5. The summed E-state index contributed by atoms with van der Waals surface area (Å²) in [7, 11) is -3.48. The summed E-state index contributed by atoms with van der Waals surface area (Å²) >= 11 is 0. The second-order valence-corrected chi connectivity index (χ2v) is 6.98. The molecule has 0 bridgehead atoms. The Kier molecular flexibility index (Phi) is 5.80. The van der Waals surface area contributed by atoms with E-state index in [0.717, 1.165) is 38.2 Å². The minimum absolute atomic E-state index is 0.119. The lowest BCUT2D eigenvalue weighted by molar-refractivity contribution is 0.0774. The van der Waals surface area contributed by atoms with Crippen LogP contribution in [-0.2, 0) is 27.8 Å². The zero-order valence-electron chi connectivity index (χ0n) is 12.8. The Labute approximate surface area is 126 Å². The fraction of sp³-hybridized carbons (Fsp3) is 0.714. The molecule has 0 radical (unpaired) electrons. The van der Waals surface area contributed by atoms with Gasteiger partial charge in [0.15, 0.2) is 0 Å². The molecule has 1 fully saturated rings. The van der Waals surface area contributed by atoms with Gasteiger partial charge in [0.25, 0.3) is 0 Å². The van der Waals surface area contributed by atoms with Crippen LogP contribution in [0, 0.1) is 0 Å². The maximum Gasteiger partial charge on any atom is 0.242 e. The minimum Gasteiger partial charge on any atom is -0.380 e. The third-order valence-electron chi connectivity index (χ3n) is 3.65. The average molecular weight is 315 g/mol. The van der Waals surface area contributed by atoms with Gasteiger partial charge in [0.2, 0.25) is 10.0 Å². The molecule has 120 valence electrons. The Balaban J connectivity index is 2.13. The number of hydrogen-bond acceptors (Lipinski definition) is 4. The molecule has 1 atom stereocenters. The van der Waals surface area contributed by atoms with E-state index >= 15 is 0 Å². The van der Waals surface area contributed by atoms with Crippen LogP contribution in [-0.4, -0.2) is 38.8 Å². The molecule has 21 heavy (non-hydrogen) atoms. The van der Waals surface area contributed by atoms with Gasteiger partial charge in [-0.1, -0.05) is 6.92 Å². The lowest BCUT2D eigenvalue weighted by atomic mass is 10.1. The quantitative estimate of drug-likeness (QED) is 0.789. The number of sulfonamides is 1. The highest BCUT2D eigenvalue weighted by Crippen LogP contribution is 2.17. The van der Waals surface area contributed by atoms with Gasteiger partial charge in [-0.3, -0.25) is 0 Å². The van der Waals surface area contributed by atoms with E-state index < -0.39 is 10.0 Å². The Morgan fingerprint density at radius 2 is 2.24 bits per heavy atom. The van der Waals surface area contributed by atoms with E-state index in [1.54, 1.807) is 12.3 Å². The van der Waals surface area contributed by atoms with Crippen LogP contribution in [0.3, 0.4) is 0 Å². The summed E-state index contributed by atoms with van der Waals surface area (Å²) in [4.78, 5) is 0.336. The van der Waals surface area contributed by atoms with Crippen molar-refractivity contribution in [1.29, 1.82) is 0 Å². The molecule has 1 aromatic heterocycles. The van der Waals surface area contributed by atoms with Crippen molar-refractivity contribution >= 4 is 10.0 Å². The summed E-state index contributed by atoms with van der Waals surface area (Å²) in [5, 5.41) is 3.23. The Morgan fingerprint density at radius 1 is 1.43 bits per heavy atom. The summed E-state index contributed by atoms with van der Waals surface area (Å²) in [6.45, 7) is 7.49. The van der Waals surface area contributed by atoms with Gasteiger partial charge >= 0.3 is 0 Å². The number of nitrogens with zero attached hydrogens (tertiary/aromatic N) is 1. The van der Waals surface area contributed by atoms with Crippen molar-refractivity contribution in [3.63, 3.8) is 0 Å². The smallest absolute Gasteiger partial charge is 0.242 e. The van der Waals surface area contributed by atoms with E-state index in [1.807, 2.05) is 18.4 Å². The monoisotopic (exact) mass is 315 g/mol. The van der Waals surface area contributed by atoms with Gasteiger partial charge in [-0.25, -0.2) is 13.1 Å². The van der Waals surface area contributed by atoms with E-state index in [9.17, 15) is 8.42 Å². The second kappa shape index (κ2) is 7.40. The van der Waals surface area contributed by atoms with Gasteiger partial charge in [0, 0.05) is 37.6 Å². The normalized spacial score (nSPS) is 19.8. The molecular weight excluding hydrogens is 290 g/mol. The van der Waals surface area contributed by atoms with Crippen LogP contribution in [0.4, 0.5) is 0 Å². The van der Waals surface area contributed by atoms with E-state index in [1.165, 1.54) is 0 Å². The number of rotatable bonds is 7. The van der Waals surface area contributed by atoms with Gasteiger partial charge in [-0.05, 0) is 32.4 Å². The molecule has 6 nitrogen and oxygen atoms in total. The van der Waals surface area contributed by atoms with Gasteiger partial charge in [-0.2, -0.15) is 0 Å². The zero-order chi connectivity index (χ0) is 15.3.